The van der Waals surface area contributed by atoms with Crippen LogP contribution < -0.4 is 9.47 Å². The number of benzene rings is 6. The molecule has 6 rings (SSSR count). The van der Waals surface area contributed by atoms with Crippen LogP contribution in [0.3, 0.4) is 0 Å². The monoisotopic (exact) mass is 552 g/mol. The van der Waals surface area contributed by atoms with Crippen molar-refractivity contribution in [3.05, 3.63) is 120 Å². The molecule has 2 N–H and O–H groups in total. The molecular weight excluding hydrogens is 524 g/mol. The van der Waals surface area contributed by atoms with Gasteiger partial charge in [0.1, 0.15) is 23.0 Å². The van der Waals surface area contributed by atoms with Gasteiger partial charge in [0, 0.05) is 34.7 Å². The molecule has 6 aromatic rings. The number of hydrogen-bond acceptors (Lipinski definition) is 6. The molecule has 0 bridgehead atoms. The molecule has 0 saturated carbocycles. The predicted octanol–water partition coefficient (Wildman–Crippen LogP) is 8.59. The Bertz CT molecular complexity index is 1850. The van der Waals surface area contributed by atoms with E-state index in [0.29, 0.717) is 34.0 Å². The second kappa shape index (κ2) is 11.5. The van der Waals surface area contributed by atoms with Crippen molar-refractivity contribution in [1.82, 2.24) is 0 Å². The van der Waals surface area contributed by atoms with E-state index < -0.39 is 0 Å². The molecule has 0 unspecified atom stereocenters. The van der Waals surface area contributed by atoms with Crippen LogP contribution in [0.15, 0.2) is 119 Å². The first-order chi connectivity index (χ1) is 20.6. The third-order valence-corrected chi connectivity index (χ3v) is 7.22. The topological polar surface area (TPSA) is 83.6 Å². The lowest BCUT2D eigenvalue weighted by Crippen LogP contribution is -1.90. The molecule has 0 saturated heterocycles. The van der Waals surface area contributed by atoms with Crippen molar-refractivity contribution < 1.29 is 19.7 Å². The molecule has 0 fully saturated rings. The number of aliphatic imine (C=N–C) groups is 2. The first-order valence-corrected chi connectivity index (χ1v) is 13.4. The summed E-state index contributed by atoms with van der Waals surface area (Å²) in [5, 5.41) is 25.1. The van der Waals surface area contributed by atoms with Gasteiger partial charge < -0.3 is 19.7 Å². The van der Waals surface area contributed by atoms with Crippen LogP contribution in [0.4, 0.5) is 11.4 Å². The standard InChI is InChI=1S/C36H28N2O4/c1-41-27-13-17-33(39)25(19-27)21-37-31-15-11-23-7-3-5-9-29(23)35(31)36-30-10-6-4-8-24(30)12-16-32(36)38-22-26-20-28(42-2)14-18-34(26)40/h3-22,39-40H,1-2H3. The van der Waals surface area contributed by atoms with Gasteiger partial charge in [-0.05, 0) is 70.1 Å². The second-order valence-electron chi connectivity index (χ2n) is 9.73. The minimum Gasteiger partial charge on any atom is -0.507 e. The normalized spacial score (nSPS) is 11.6. The number of nitrogens with zero attached hydrogens (tertiary/aromatic N) is 2. The lowest BCUT2D eigenvalue weighted by molar-refractivity contribution is 0.412. The number of fused-ring (bicyclic) bond motifs is 2. The Labute approximate surface area is 243 Å². The van der Waals surface area contributed by atoms with E-state index in [2.05, 4.69) is 24.3 Å². The van der Waals surface area contributed by atoms with Crippen LogP contribution in [-0.4, -0.2) is 36.9 Å². The fraction of sp³-hybridized carbons (Fsp3) is 0.0556. The molecule has 0 atom stereocenters. The summed E-state index contributed by atoms with van der Waals surface area (Å²) in [5.41, 5.74) is 4.33. The summed E-state index contributed by atoms with van der Waals surface area (Å²) in [5.74, 6) is 1.46. The maximum Gasteiger partial charge on any atom is 0.124 e. The van der Waals surface area contributed by atoms with E-state index in [1.807, 2.05) is 48.5 Å². The largest absolute Gasteiger partial charge is 0.507 e. The third-order valence-electron chi connectivity index (χ3n) is 7.22. The van der Waals surface area contributed by atoms with Gasteiger partial charge in [-0.15, -0.1) is 0 Å². The summed E-state index contributed by atoms with van der Waals surface area (Å²) in [6.45, 7) is 0. The Morgan fingerprint density at radius 1 is 0.524 bits per heavy atom. The van der Waals surface area contributed by atoms with Gasteiger partial charge in [0.25, 0.3) is 0 Å². The van der Waals surface area contributed by atoms with Crippen molar-refractivity contribution in [2.24, 2.45) is 9.98 Å². The molecule has 0 spiro atoms. The molecule has 0 aliphatic carbocycles. The van der Waals surface area contributed by atoms with Gasteiger partial charge in [0.05, 0.1) is 25.6 Å². The van der Waals surface area contributed by atoms with Crippen LogP contribution in [0, 0.1) is 0 Å². The predicted molar refractivity (Wildman–Crippen MR) is 171 cm³/mol. The van der Waals surface area contributed by atoms with E-state index in [9.17, 15) is 10.2 Å². The molecule has 0 radical (unpaired) electrons. The zero-order chi connectivity index (χ0) is 29.1. The van der Waals surface area contributed by atoms with Crippen LogP contribution in [0.2, 0.25) is 0 Å². The van der Waals surface area contributed by atoms with E-state index in [0.717, 1.165) is 32.7 Å². The minimum atomic E-state index is 0.107. The van der Waals surface area contributed by atoms with Gasteiger partial charge in [-0.25, -0.2) is 0 Å². The van der Waals surface area contributed by atoms with E-state index in [4.69, 9.17) is 19.5 Å². The summed E-state index contributed by atoms with van der Waals surface area (Å²) in [4.78, 5) is 9.79. The summed E-state index contributed by atoms with van der Waals surface area (Å²) in [7, 11) is 3.17. The first kappa shape index (κ1) is 26.6. The molecule has 6 heteroatoms. The van der Waals surface area contributed by atoms with Crippen molar-refractivity contribution in [3.8, 4) is 34.1 Å². The van der Waals surface area contributed by atoms with Crippen LogP contribution in [-0.2, 0) is 0 Å². The third kappa shape index (κ3) is 5.13. The number of hydrogen-bond donors (Lipinski definition) is 2. The number of phenolic OH excluding ortho intramolecular Hbond substituents is 2. The smallest absolute Gasteiger partial charge is 0.124 e. The number of phenols is 2. The quantitative estimate of drug-likeness (QED) is 0.194. The SMILES string of the molecule is COc1ccc(O)c(C=Nc2ccc3ccccc3c2-c2c(N=Cc3cc(OC)ccc3O)ccc3ccccc23)c1. The maximum atomic E-state index is 10.5. The Balaban J connectivity index is 1.60. The second-order valence-corrected chi connectivity index (χ2v) is 9.73. The highest BCUT2D eigenvalue weighted by Gasteiger charge is 2.17. The van der Waals surface area contributed by atoms with Gasteiger partial charge in [0.15, 0.2) is 0 Å². The molecule has 6 aromatic carbocycles. The van der Waals surface area contributed by atoms with Crippen molar-refractivity contribution in [2.45, 2.75) is 0 Å². The summed E-state index contributed by atoms with van der Waals surface area (Å²) in [6.07, 6.45) is 3.29. The molecular formula is C36H28N2O4. The number of ether oxygens (including phenoxy) is 2. The highest BCUT2D eigenvalue weighted by Crippen LogP contribution is 2.45. The molecule has 0 aliphatic heterocycles. The highest BCUT2D eigenvalue weighted by atomic mass is 16.5. The van der Waals surface area contributed by atoms with Crippen molar-refractivity contribution in [1.29, 1.82) is 0 Å². The maximum absolute atomic E-state index is 10.5. The van der Waals surface area contributed by atoms with Gasteiger partial charge in [-0.2, -0.15) is 0 Å². The van der Waals surface area contributed by atoms with Crippen molar-refractivity contribution in [3.63, 3.8) is 0 Å². The molecule has 42 heavy (non-hydrogen) atoms. The van der Waals surface area contributed by atoms with Gasteiger partial charge >= 0.3 is 0 Å². The zero-order valence-electron chi connectivity index (χ0n) is 23.2. The average molecular weight is 553 g/mol. The summed E-state index contributed by atoms with van der Waals surface area (Å²) >= 11 is 0. The lowest BCUT2D eigenvalue weighted by atomic mass is 9.91. The van der Waals surface area contributed by atoms with Gasteiger partial charge in [0.2, 0.25) is 0 Å². The van der Waals surface area contributed by atoms with Crippen LogP contribution in [0.5, 0.6) is 23.0 Å². The van der Waals surface area contributed by atoms with E-state index >= 15 is 0 Å². The Hall–Kier alpha value is -5.62. The van der Waals surface area contributed by atoms with E-state index in [-0.39, 0.29) is 11.5 Å². The number of methoxy groups -OCH3 is 2. The molecule has 0 amide bonds. The van der Waals surface area contributed by atoms with E-state index in [1.54, 1.807) is 63.0 Å². The summed E-state index contributed by atoms with van der Waals surface area (Å²) in [6, 6.07) is 34.5. The van der Waals surface area contributed by atoms with Crippen molar-refractivity contribution >= 4 is 45.3 Å². The fourth-order valence-electron chi connectivity index (χ4n) is 5.06. The molecule has 0 aliphatic rings. The van der Waals surface area contributed by atoms with Gasteiger partial charge in [-0.1, -0.05) is 60.7 Å². The molecule has 0 aromatic heterocycles. The van der Waals surface area contributed by atoms with Gasteiger partial charge in [-0.3, -0.25) is 9.98 Å². The molecule has 6 nitrogen and oxygen atoms in total. The van der Waals surface area contributed by atoms with Crippen LogP contribution in [0.1, 0.15) is 11.1 Å². The Morgan fingerprint density at radius 2 is 0.952 bits per heavy atom. The zero-order valence-corrected chi connectivity index (χ0v) is 23.2. The number of aromatic hydroxyl groups is 2. The lowest BCUT2D eigenvalue weighted by Gasteiger charge is -2.16. The minimum absolute atomic E-state index is 0.107. The van der Waals surface area contributed by atoms with E-state index in [1.165, 1.54) is 0 Å². The van der Waals surface area contributed by atoms with Crippen LogP contribution >= 0.6 is 0 Å². The Kier molecular flexibility index (Phi) is 7.26. The van der Waals surface area contributed by atoms with Crippen molar-refractivity contribution in [2.75, 3.05) is 14.2 Å². The molecule has 206 valence electrons. The summed E-state index contributed by atoms with van der Waals surface area (Å²) < 4.78 is 10.7. The Morgan fingerprint density at radius 3 is 1.38 bits per heavy atom. The average Bonchev–Trinajstić information content (AvgIpc) is 3.03. The highest BCUT2D eigenvalue weighted by molar-refractivity contribution is 6.13. The fourth-order valence-corrected chi connectivity index (χ4v) is 5.06. The first-order valence-electron chi connectivity index (χ1n) is 13.4. The molecule has 0 heterocycles. The number of rotatable bonds is 7. The van der Waals surface area contributed by atoms with Crippen LogP contribution in [0.25, 0.3) is 32.7 Å².